The average Bonchev–Trinajstić information content (AvgIpc) is 2.70. The van der Waals surface area contributed by atoms with Crippen LogP contribution < -0.4 is 16.0 Å². The van der Waals surface area contributed by atoms with Gasteiger partial charge >= 0.3 is 17.4 Å². The van der Waals surface area contributed by atoms with Gasteiger partial charge < -0.3 is 90.5 Å². The van der Waals surface area contributed by atoms with Gasteiger partial charge in [-0.3, -0.25) is 0 Å². The summed E-state index contributed by atoms with van der Waals surface area (Å²) in [4.78, 5) is 0. The molecule has 0 saturated heterocycles. The number of hydrogen-bond donors (Lipinski definition) is 3. The third-order valence-electron chi connectivity index (χ3n) is 5.78. The van der Waals surface area contributed by atoms with Crippen LogP contribution in [0.5, 0.6) is 0 Å². The van der Waals surface area contributed by atoms with E-state index in [0.717, 1.165) is 0 Å². The largest absolute Gasteiger partial charge is 3.00 e. The molecule has 3 aliphatic rings. The monoisotopic (exact) mass is 549 g/mol. The molecule has 0 unspecified atom stereocenters. The second kappa shape index (κ2) is 20.3. The Balaban J connectivity index is 0.000000429. The maximum Gasteiger partial charge on any atom is 3.00 e. The van der Waals surface area contributed by atoms with Crippen molar-refractivity contribution >= 4 is 105 Å². The summed E-state index contributed by atoms with van der Waals surface area (Å²) >= 11 is 28.7. The Morgan fingerprint density at radius 1 is 0.452 bits per heavy atom. The molecule has 3 rings (SSSR count). The van der Waals surface area contributed by atoms with Crippen molar-refractivity contribution in [2.75, 3.05) is 0 Å². The molecule has 0 aliphatic heterocycles. The van der Waals surface area contributed by atoms with Crippen LogP contribution in [-0.4, -0.2) is 48.4 Å². The van der Waals surface area contributed by atoms with Crippen LogP contribution in [0, 0.1) is 0 Å². The quantitative estimate of drug-likeness (QED) is 0.260. The second-order valence-electron chi connectivity index (χ2n) is 8.30. The molecule has 0 aromatic carbocycles. The van der Waals surface area contributed by atoms with Crippen LogP contribution in [0.25, 0.3) is 0 Å². The van der Waals surface area contributed by atoms with E-state index in [4.69, 9.17) is 74.5 Å². The van der Waals surface area contributed by atoms with Gasteiger partial charge in [0.1, 0.15) is 0 Å². The molecule has 0 heterocycles. The molecule has 3 aliphatic carbocycles. The first-order chi connectivity index (χ1) is 14.4. The molecule has 0 atom stereocenters. The van der Waals surface area contributed by atoms with Gasteiger partial charge in [0.15, 0.2) is 0 Å². The van der Waals surface area contributed by atoms with Crippen molar-refractivity contribution in [3.8, 4) is 0 Å². The van der Waals surface area contributed by atoms with Crippen LogP contribution in [0.4, 0.5) is 0 Å². The van der Waals surface area contributed by atoms with Gasteiger partial charge in [-0.05, 0) is 38.5 Å². The topological polar surface area (TPSA) is 36.1 Å². The predicted octanol–water partition coefficient (Wildman–Crippen LogP) is 4.84. The van der Waals surface area contributed by atoms with Gasteiger partial charge in [-0.2, -0.15) is 0 Å². The molecule has 174 valence electrons. The summed E-state index contributed by atoms with van der Waals surface area (Å²) in [5, 5.41) is 9.38. The Bertz CT molecular complexity index is 434. The SMILES string of the molecule is S=C([S-])NC1CCCCC1.S=C([S-])NC1CCCCC1.S=C([S-])NC1CCCCC1.[Al+3]. The van der Waals surface area contributed by atoms with E-state index >= 15 is 0 Å². The van der Waals surface area contributed by atoms with Gasteiger partial charge in [-0.1, -0.05) is 70.7 Å². The molecular formula is C21H36AlN3S6. The van der Waals surface area contributed by atoms with E-state index in [0.29, 0.717) is 31.1 Å². The van der Waals surface area contributed by atoms with E-state index in [-0.39, 0.29) is 17.4 Å². The summed E-state index contributed by atoms with van der Waals surface area (Å²) in [6.07, 6.45) is 19.6. The first-order valence-electron chi connectivity index (χ1n) is 11.3. The Morgan fingerprint density at radius 2 is 0.645 bits per heavy atom. The van der Waals surface area contributed by atoms with E-state index < -0.39 is 0 Å². The van der Waals surface area contributed by atoms with Gasteiger partial charge in [0, 0.05) is 18.1 Å². The maximum absolute atomic E-state index is 4.78. The van der Waals surface area contributed by atoms with Crippen molar-refractivity contribution in [2.45, 2.75) is 114 Å². The fourth-order valence-electron chi connectivity index (χ4n) is 4.24. The van der Waals surface area contributed by atoms with E-state index in [1.165, 1.54) is 96.3 Å². The summed E-state index contributed by atoms with van der Waals surface area (Å²) in [6, 6.07) is 1.75. The molecule has 0 spiro atoms. The van der Waals surface area contributed by atoms with Crippen molar-refractivity contribution in [1.29, 1.82) is 0 Å². The van der Waals surface area contributed by atoms with Crippen molar-refractivity contribution in [3.63, 3.8) is 0 Å². The molecule has 0 aromatic rings. The number of nitrogens with one attached hydrogen (secondary N) is 3. The minimum atomic E-state index is 0. The van der Waals surface area contributed by atoms with Crippen LogP contribution in [0.3, 0.4) is 0 Å². The Morgan fingerprint density at radius 3 is 0.806 bits per heavy atom. The van der Waals surface area contributed by atoms with Crippen LogP contribution in [-0.2, 0) is 37.9 Å². The summed E-state index contributed by atoms with van der Waals surface area (Å²) in [7, 11) is 0. The molecule has 3 N–H and O–H groups in total. The normalized spacial score (nSPS) is 19.7. The number of hydrogen-bond acceptors (Lipinski definition) is 6. The van der Waals surface area contributed by atoms with Crippen LogP contribution in [0.1, 0.15) is 96.3 Å². The smallest absolute Gasteiger partial charge is 0.412 e. The number of thiocarbonyl (C=S) groups is 3. The standard InChI is InChI=1S/3C7H13NS2.Al/c3*9-7(10)8-6-4-2-1-3-5-6;/h3*6H,1-5H2,(H2,8,9,10);/q;;;+3/p-3. The van der Waals surface area contributed by atoms with Crippen LogP contribution in [0.2, 0.25) is 0 Å². The van der Waals surface area contributed by atoms with Crippen molar-refractivity contribution in [2.24, 2.45) is 0 Å². The van der Waals surface area contributed by atoms with Gasteiger partial charge in [0.2, 0.25) is 0 Å². The molecule has 0 radical (unpaired) electrons. The van der Waals surface area contributed by atoms with E-state index in [1.54, 1.807) is 0 Å². The fourth-order valence-corrected chi connectivity index (χ4v) is 5.24. The van der Waals surface area contributed by atoms with Crippen LogP contribution >= 0.6 is 36.7 Å². The zero-order valence-corrected chi connectivity index (χ0v) is 24.4. The molecule has 0 bridgehead atoms. The van der Waals surface area contributed by atoms with Gasteiger partial charge in [-0.25, -0.2) is 0 Å². The third kappa shape index (κ3) is 18.9. The van der Waals surface area contributed by atoms with Gasteiger partial charge in [0.05, 0.1) is 0 Å². The average molecular weight is 550 g/mol. The molecular weight excluding hydrogens is 514 g/mol. The summed E-state index contributed by atoms with van der Waals surface area (Å²) in [5.74, 6) is 0. The fraction of sp³-hybridized carbons (Fsp3) is 0.857. The minimum Gasteiger partial charge on any atom is -0.412 e. The van der Waals surface area contributed by atoms with Crippen LogP contribution in [0.15, 0.2) is 0 Å². The van der Waals surface area contributed by atoms with E-state index in [9.17, 15) is 0 Å². The molecule has 0 amide bonds. The van der Waals surface area contributed by atoms with Crippen molar-refractivity contribution < 1.29 is 0 Å². The molecule has 3 fully saturated rings. The predicted molar refractivity (Wildman–Crippen MR) is 156 cm³/mol. The third-order valence-corrected chi connectivity index (χ3v) is 6.49. The van der Waals surface area contributed by atoms with E-state index in [1.807, 2.05) is 0 Å². The summed E-state index contributed by atoms with van der Waals surface area (Å²) in [6.45, 7) is 0. The maximum atomic E-state index is 4.78. The van der Waals surface area contributed by atoms with Gasteiger partial charge in [-0.15, -0.1) is 0 Å². The molecule has 0 aromatic heterocycles. The Labute approximate surface area is 233 Å². The van der Waals surface area contributed by atoms with Crippen molar-refractivity contribution in [3.05, 3.63) is 0 Å². The molecule has 3 nitrogen and oxygen atoms in total. The summed E-state index contributed by atoms with van der Waals surface area (Å²) in [5.41, 5.74) is 0. The summed E-state index contributed by atoms with van der Waals surface area (Å²) < 4.78 is 1.60. The van der Waals surface area contributed by atoms with Crippen molar-refractivity contribution in [1.82, 2.24) is 16.0 Å². The zero-order valence-electron chi connectivity index (χ0n) is 18.4. The molecule has 31 heavy (non-hydrogen) atoms. The first-order valence-corrected chi connectivity index (χ1v) is 13.7. The number of rotatable bonds is 3. The second-order valence-corrected chi connectivity index (χ2v) is 11.5. The molecule has 10 heteroatoms. The zero-order chi connectivity index (χ0) is 22.2. The van der Waals surface area contributed by atoms with Gasteiger partial charge in [0.25, 0.3) is 0 Å². The van der Waals surface area contributed by atoms with E-state index in [2.05, 4.69) is 16.0 Å². The molecule has 3 saturated carbocycles. The first kappa shape index (κ1) is 31.9. The Kier molecular flexibility index (Phi) is 20.8. The Hall–Kier alpha value is 0.862. The minimum absolute atomic E-state index is 0.